The molecule has 1 aromatic heterocycles. The summed E-state index contributed by atoms with van der Waals surface area (Å²) in [7, 11) is -3.47. The van der Waals surface area contributed by atoms with Crippen LogP contribution < -0.4 is 4.72 Å². The lowest BCUT2D eigenvalue weighted by atomic mass is 9.96. The summed E-state index contributed by atoms with van der Waals surface area (Å²) < 4.78 is 28.1. The molecular formula is C13H21NO3S3. The molecule has 0 amide bonds. The molecule has 1 aromatic rings. The second kappa shape index (κ2) is 6.79. The molecule has 0 aromatic carbocycles. The number of rotatable bonds is 5. The van der Waals surface area contributed by atoms with Gasteiger partial charge in [-0.25, -0.2) is 13.1 Å². The number of thiophene rings is 1. The molecule has 114 valence electrons. The molecule has 2 unspecified atom stereocenters. The molecule has 1 aliphatic rings. The molecule has 0 radical (unpaired) electrons. The number of aliphatic hydroxyl groups excluding tert-OH is 1. The average molecular weight is 336 g/mol. The molecule has 7 heteroatoms. The number of sulfonamides is 1. The van der Waals surface area contributed by atoms with Crippen molar-refractivity contribution in [1.82, 2.24) is 4.72 Å². The van der Waals surface area contributed by atoms with Gasteiger partial charge < -0.3 is 5.11 Å². The molecule has 0 bridgehead atoms. The van der Waals surface area contributed by atoms with Crippen LogP contribution in [0, 0.1) is 6.92 Å². The van der Waals surface area contributed by atoms with Crippen molar-refractivity contribution < 1.29 is 13.5 Å². The van der Waals surface area contributed by atoms with Gasteiger partial charge in [0.2, 0.25) is 10.0 Å². The van der Waals surface area contributed by atoms with Gasteiger partial charge in [-0.15, -0.1) is 11.3 Å². The van der Waals surface area contributed by atoms with E-state index in [0.717, 1.165) is 41.0 Å². The van der Waals surface area contributed by atoms with Crippen LogP contribution in [0.2, 0.25) is 0 Å². The van der Waals surface area contributed by atoms with Crippen molar-refractivity contribution in [1.29, 1.82) is 0 Å². The SMILES string of the molecule is CSC1CCCCC1NS(=O)(=O)c1cc(C)c(CO)s1. The smallest absolute Gasteiger partial charge is 0.250 e. The van der Waals surface area contributed by atoms with Crippen molar-refractivity contribution in [3.05, 3.63) is 16.5 Å². The summed E-state index contributed by atoms with van der Waals surface area (Å²) in [5.74, 6) is 0. The van der Waals surface area contributed by atoms with Crippen LogP contribution in [-0.2, 0) is 16.6 Å². The van der Waals surface area contributed by atoms with Crippen molar-refractivity contribution in [2.24, 2.45) is 0 Å². The van der Waals surface area contributed by atoms with E-state index in [1.165, 1.54) is 6.42 Å². The molecule has 1 fully saturated rings. The minimum Gasteiger partial charge on any atom is -0.391 e. The fourth-order valence-corrected chi connectivity index (χ4v) is 6.35. The van der Waals surface area contributed by atoms with Crippen LogP contribution in [0.5, 0.6) is 0 Å². The Labute approximate surface area is 129 Å². The summed E-state index contributed by atoms with van der Waals surface area (Å²) in [6, 6.07) is 1.67. The molecule has 1 aliphatic carbocycles. The third-order valence-electron chi connectivity index (χ3n) is 3.72. The van der Waals surface area contributed by atoms with Crippen molar-refractivity contribution in [3.63, 3.8) is 0 Å². The number of aryl methyl sites for hydroxylation is 1. The van der Waals surface area contributed by atoms with Crippen molar-refractivity contribution in [2.45, 2.75) is 54.7 Å². The molecule has 0 saturated heterocycles. The Morgan fingerprint density at radius 2 is 2.15 bits per heavy atom. The average Bonchev–Trinajstić information content (AvgIpc) is 2.81. The quantitative estimate of drug-likeness (QED) is 0.868. The predicted molar refractivity (Wildman–Crippen MR) is 84.9 cm³/mol. The van der Waals surface area contributed by atoms with E-state index < -0.39 is 10.0 Å². The van der Waals surface area contributed by atoms with Gasteiger partial charge in [-0.2, -0.15) is 11.8 Å². The first kappa shape index (κ1) is 16.3. The molecule has 0 spiro atoms. The molecule has 4 nitrogen and oxygen atoms in total. The maximum atomic E-state index is 12.5. The summed E-state index contributed by atoms with van der Waals surface area (Å²) >= 11 is 2.90. The van der Waals surface area contributed by atoms with Crippen LogP contribution in [0.1, 0.15) is 36.1 Å². The Bertz CT molecular complexity index is 553. The molecule has 1 saturated carbocycles. The Kier molecular flexibility index (Phi) is 5.53. The lowest BCUT2D eigenvalue weighted by molar-refractivity contribution is 0.285. The lowest BCUT2D eigenvalue weighted by Gasteiger charge is -2.30. The molecule has 2 N–H and O–H groups in total. The van der Waals surface area contributed by atoms with Crippen LogP contribution in [0.4, 0.5) is 0 Å². The van der Waals surface area contributed by atoms with Gasteiger partial charge in [0.15, 0.2) is 0 Å². The number of nitrogens with one attached hydrogen (secondary N) is 1. The van der Waals surface area contributed by atoms with E-state index in [-0.39, 0.29) is 12.6 Å². The van der Waals surface area contributed by atoms with Crippen LogP contribution in [-0.4, -0.2) is 31.1 Å². The number of hydrogen-bond acceptors (Lipinski definition) is 5. The molecule has 20 heavy (non-hydrogen) atoms. The Balaban J connectivity index is 2.17. The monoisotopic (exact) mass is 335 g/mol. The zero-order chi connectivity index (χ0) is 14.8. The van der Waals surface area contributed by atoms with Gasteiger partial charge in [-0.1, -0.05) is 12.8 Å². The maximum Gasteiger partial charge on any atom is 0.250 e. The topological polar surface area (TPSA) is 66.4 Å². The predicted octanol–water partition coefficient (Wildman–Crippen LogP) is 2.50. The van der Waals surface area contributed by atoms with Gasteiger partial charge in [-0.3, -0.25) is 0 Å². The van der Waals surface area contributed by atoms with E-state index in [1.54, 1.807) is 17.8 Å². The van der Waals surface area contributed by atoms with E-state index in [9.17, 15) is 13.5 Å². The first-order valence-electron chi connectivity index (χ1n) is 6.73. The third-order valence-corrected chi connectivity index (χ3v) is 8.07. The van der Waals surface area contributed by atoms with E-state index in [1.807, 2.05) is 13.2 Å². The number of aliphatic hydroxyl groups is 1. The van der Waals surface area contributed by atoms with Crippen molar-refractivity contribution >= 4 is 33.1 Å². The van der Waals surface area contributed by atoms with Gasteiger partial charge >= 0.3 is 0 Å². The van der Waals surface area contributed by atoms with Gasteiger partial charge in [0.1, 0.15) is 4.21 Å². The van der Waals surface area contributed by atoms with Crippen LogP contribution in [0.3, 0.4) is 0 Å². The highest BCUT2D eigenvalue weighted by molar-refractivity contribution is 7.99. The Hall–Kier alpha value is -0.0800. The van der Waals surface area contributed by atoms with Crippen molar-refractivity contribution in [3.8, 4) is 0 Å². The minimum absolute atomic E-state index is 0.0173. The normalized spacial score (nSPS) is 23.9. The standard InChI is InChI=1S/C13H21NO3S3/c1-9-7-13(19-12(9)8-15)20(16,17)14-10-5-3-4-6-11(10)18-2/h7,10-11,14-15H,3-6,8H2,1-2H3. The second-order valence-corrected chi connectivity index (χ2v) is 9.27. The van der Waals surface area contributed by atoms with Crippen LogP contribution in [0.25, 0.3) is 0 Å². The highest BCUT2D eigenvalue weighted by Gasteiger charge is 2.29. The first-order chi connectivity index (χ1) is 9.47. The summed E-state index contributed by atoms with van der Waals surface area (Å²) in [6.45, 7) is 1.72. The summed E-state index contributed by atoms with van der Waals surface area (Å²) in [4.78, 5) is 0.718. The molecule has 2 atom stereocenters. The van der Waals surface area contributed by atoms with Crippen LogP contribution >= 0.6 is 23.1 Å². The van der Waals surface area contributed by atoms with Gasteiger partial charge in [0, 0.05) is 16.2 Å². The minimum atomic E-state index is -3.47. The summed E-state index contributed by atoms with van der Waals surface area (Å²) in [5, 5.41) is 9.55. The van der Waals surface area contributed by atoms with Gasteiger partial charge in [0.05, 0.1) is 6.61 Å². The maximum absolute atomic E-state index is 12.5. The van der Waals surface area contributed by atoms with E-state index in [0.29, 0.717) is 9.46 Å². The zero-order valence-corrected chi connectivity index (χ0v) is 14.2. The Morgan fingerprint density at radius 3 is 2.75 bits per heavy atom. The van der Waals surface area contributed by atoms with E-state index in [4.69, 9.17) is 0 Å². The van der Waals surface area contributed by atoms with E-state index in [2.05, 4.69) is 4.72 Å². The summed E-state index contributed by atoms with van der Waals surface area (Å²) in [5.41, 5.74) is 0.836. The van der Waals surface area contributed by atoms with Crippen LogP contribution in [0.15, 0.2) is 10.3 Å². The summed E-state index contributed by atoms with van der Waals surface area (Å²) in [6.07, 6.45) is 6.27. The van der Waals surface area contributed by atoms with Gasteiger partial charge in [0.25, 0.3) is 0 Å². The molecule has 0 aliphatic heterocycles. The fourth-order valence-electron chi connectivity index (χ4n) is 2.55. The third kappa shape index (κ3) is 3.57. The van der Waals surface area contributed by atoms with E-state index >= 15 is 0 Å². The largest absolute Gasteiger partial charge is 0.391 e. The molecule has 1 heterocycles. The van der Waals surface area contributed by atoms with Crippen molar-refractivity contribution in [2.75, 3.05) is 6.26 Å². The molecular weight excluding hydrogens is 314 g/mol. The second-order valence-electron chi connectivity index (χ2n) is 5.12. The fraction of sp³-hybridized carbons (Fsp3) is 0.692. The Morgan fingerprint density at radius 1 is 1.45 bits per heavy atom. The zero-order valence-electron chi connectivity index (χ0n) is 11.8. The highest BCUT2D eigenvalue weighted by atomic mass is 32.2. The number of hydrogen-bond donors (Lipinski definition) is 2. The molecule has 2 rings (SSSR count). The first-order valence-corrected chi connectivity index (χ1v) is 10.3. The highest BCUT2D eigenvalue weighted by Crippen LogP contribution is 2.30. The lowest BCUT2D eigenvalue weighted by Crippen LogP contribution is -2.43. The number of thioether (sulfide) groups is 1. The van der Waals surface area contributed by atoms with Gasteiger partial charge in [-0.05, 0) is 37.7 Å².